The van der Waals surface area contributed by atoms with Crippen LogP contribution in [0.3, 0.4) is 0 Å². The predicted octanol–water partition coefficient (Wildman–Crippen LogP) is 2.51. The molecule has 3 rings (SSSR count). The molecule has 0 spiro atoms. The van der Waals surface area contributed by atoms with Crippen LogP contribution in [0.1, 0.15) is 31.7 Å². The smallest absolute Gasteiger partial charge is 0.224 e. The molecule has 24 heavy (non-hydrogen) atoms. The van der Waals surface area contributed by atoms with E-state index < -0.39 is 0 Å². The molecule has 1 fully saturated rings. The molecule has 1 amide bonds. The van der Waals surface area contributed by atoms with Gasteiger partial charge in [-0.1, -0.05) is 19.9 Å². The Hall–Kier alpha value is -1.88. The Labute approximate surface area is 143 Å². The molecule has 1 aromatic heterocycles. The van der Waals surface area contributed by atoms with E-state index in [9.17, 15) is 4.79 Å². The maximum Gasteiger partial charge on any atom is 0.224 e. The number of hydrogen-bond acceptors (Lipinski definition) is 3. The Kier molecular flexibility index (Phi) is 5.19. The number of nitrogens with zero attached hydrogens (tertiary/aromatic N) is 2. The lowest BCUT2D eigenvalue weighted by Gasteiger charge is -2.18. The molecule has 2 N–H and O–H groups in total. The van der Waals surface area contributed by atoms with Crippen LogP contribution in [0.5, 0.6) is 0 Å². The summed E-state index contributed by atoms with van der Waals surface area (Å²) in [6, 6.07) is 5.99. The molecule has 2 heterocycles. The van der Waals surface area contributed by atoms with Gasteiger partial charge in [-0.15, -0.1) is 0 Å². The van der Waals surface area contributed by atoms with Crippen molar-refractivity contribution in [1.82, 2.24) is 20.2 Å². The van der Waals surface area contributed by atoms with Crippen LogP contribution >= 0.6 is 0 Å². The van der Waals surface area contributed by atoms with Gasteiger partial charge in [-0.3, -0.25) is 4.79 Å². The van der Waals surface area contributed by atoms with Crippen LogP contribution < -0.4 is 5.32 Å². The third kappa shape index (κ3) is 4.35. The van der Waals surface area contributed by atoms with Crippen LogP contribution in [0.2, 0.25) is 0 Å². The van der Waals surface area contributed by atoms with E-state index in [1.54, 1.807) is 0 Å². The summed E-state index contributed by atoms with van der Waals surface area (Å²) in [7, 11) is 0. The first-order valence-corrected chi connectivity index (χ1v) is 8.94. The zero-order valence-electron chi connectivity index (χ0n) is 14.9. The largest absolute Gasteiger partial charge is 0.355 e. The second-order valence-corrected chi connectivity index (χ2v) is 7.46. The molecule has 1 aliphatic heterocycles. The van der Waals surface area contributed by atoms with Gasteiger partial charge in [0.2, 0.25) is 5.91 Å². The van der Waals surface area contributed by atoms with Crippen molar-refractivity contribution in [3.63, 3.8) is 0 Å². The monoisotopic (exact) mass is 328 g/mol. The molecule has 5 heteroatoms. The number of imidazole rings is 1. The summed E-state index contributed by atoms with van der Waals surface area (Å²) in [4.78, 5) is 22.3. The Morgan fingerprint density at radius 3 is 3.08 bits per heavy atom. The lowest BCUT2D eigenvalue weighted by Crippen LogP contribution is -2.32. The van der Waals surface area contributed by atoms with Gasteiger partial charge in [-0.2, -0.15) is 0 Å². The van der Waals surface area contributed by atoms with Crippen LogP contribution in [0.15, 0.2) is 18.2 Å². The molecule has 2 aromatic rings. The number of rotatable bonds is 6. The van der Waals surface area contributed by atoms with Crippen molar-refractivity contribution >= 4 is 16.9 Å². The highest BCUT2D eigenvalue weighted by atomic mass is 16.1. The summed E-state index contributed by atoms with van der Waals surface area (Å²) in [6.07, 6.45) is 1.61. The minimum Gasteiger partial charge on any atom is -0.355 e. The zero-order valence-corrected chi connectivity index (χ0v) is 14.9. The molecular weight excluding hydrogens is 300 g/mol. The van der Waals surface area contributed by atoms with Gasteiger partial charge in [-0.25, -0.2) is 4.98 Å². The van der Waals surface area contributed by atoms with Crippen molar-refractivity contribution in [2.45, 2.75) is 33.6 Å². The summed E-state index contributed by atoms with van der Waals surface area (Å²) in [5, 5.41) is 3.11. The summed E-state index contributed by atoms with van der Waals surface area (Å²) in [5.41, 5.74) is 2.97. The Morgan fingerprint density at radius 2 is 2.29 bits per heavy atom. The molecule has 0 saturated carbocycles. The highest BCUT2D eigenvalue weighted by molar-refractivity contribution is 5.81. The number of H-pyrrole nitrogens is 1. The van der Waals surface area contributed by atoms with E-state index in [0.717, 1.165) is 48.6 Å². The Balaban J connectivity index is 1.47. The van der Waals surface area contributed by atoms with Crippen molar-refractivity contribution in [2.24, 2.45) is 11.8 Å². The van der Waals surface area contributed by atoms with E-state index in [4.69, 9.17) is 0 Å². The fourth-order valence-electron chi connectivity index (χ4n) is 3.56. The molecular formula is C19H28N4O. The van der Waals surface area contributed by atoms with E-state index in [1.807, 2.05) is 25.1 Å². The lowest BCUT2D eigenvalue weighted by molar-refractivity contribution is -0.120. The highest BCUT2D eigenvalue weighted by Gasteiger charge is 2.23. The minimum absolute atomic E-state index is 0.105. The number of aryl methyl sites for hydroxylation is 1. The number of carbonyl (C=O) groups excluding carboxylic acids is 1. The van der Waals surface area contributed by atoms with E-state index in [-0.39, 0.29) is 5.91 Å². The van der Waals surface area contributed by atoms with Gasteiger partial charge in [-0.05, 0) is 49.4 Å². The molecule has 0 unspecified atom stereocenters. The van der Waals surface area contributed by atoms with Crippen molar-refractivity contribution in [2.75, 3.05) is 26.2 Å². The van der Waals surface area contributed by atoms with Gasteiger partial charge >= 0.3 is 0 Å². The van der Waals surface area contributed by atoms with Crippen molar-refractivity contribution < 1.29 is 4.79 Å². The molecule has 1 atom stereocenters. The number of fused-ring (bicyclic) bond motifs is 1. The fraction of sp³-hybridized carbons (Fsp3) is 0.579. The molecule has 1 aliphatic rings. The maximum atomic E-state index is 12.2. The predicted molar refractivity (Wildman–Crippen MR) is 96.9 cm³/mol. The number of benzene rings is 1. The van der Waals surface area contributed by atoms with Gasteiger partial charge in [0, 0.05) is 19.6 Å². The zero-order chi connectivity index (χ0) is 17.1. The standard InChI is InChI=1S/C19H28N4O/c1-13(2)11-23-7-6-16(12-23)10-20-19(24)9-15-4-5-17-18(8-15)22-14(3)21-17/h4-5,8,13,16H,6-7,9-12H2,1-3H3,(H,20,24)(H,21,22)/t16-/m1/s1. The van der Waals surface area contributed by atoms with Crippen molar-refractivity contribution in [3.05, 3.63) is 29.6 Å². The average Bonchev–Trinajstić information content (AvgIpc) is 3.09. The van der Waals surface area contributed by atoms with Gasteiger partial charge < -0.3 is 15.2 Å². The van der Waals surface area contributed by atoms with E-state index >= 15 is 0 Å². The number of carbonyl (C=O) groups is 1. The van der Waals surface area contributed by atoms with Crippen LogP contribution in [0.25, 0.3) is 11.0 Å². The lowest BCUT2D eigenvalue weighted by atomic mass is 10.1. The normalized spacial score (nSPS) is 18.6. The summed E-state index contributed by atoms with van der Waals surface area (Å²) >= 11 is 0. The first-order chi connectivity index (χ1) is 11.5. The third-order valence-electron chi connectivity index (χ3n) is 4.61. The van der Waals surface area contributed by atoms with Gasteiger partial charge in [0.25, 0.3) is 0 Å². The van der Waals surface area contributed by atoms with Crippen molar-refractivity contribution in [3.8, 4) is 0 Å². The van der Waals surface area contributed by atoms with E-state index in [1.165, 1.54) is 6.42 Å². The summed E-state index contributed by atoms with van der Waals surface area (Å²) in [6.45, 7) is 10.7. The van der Waals surface area contributed by atoms with Crippen molar-refractivity contribution in [1.29, 1.82) is 0 Å². The van der Waals surface area contributed by atoms with Crippen LogP contribution in [0, 0.1) is 18.8 Å². The second-order valence-electron chi connectivity index (χ2n) is 7.46. The topological polar surface area (TPSA) is 61.0 Å². The molecule has 5 nitrogen and oxygen atoms in total. The van der Waals surface area contributed by atoms with Gasteiger partial charge in [0.1, 0.15) is 5.82 Å². The number of amides is 1. The number of nitrogens with one attached hydrogen (secondary N) is 2. The molecule has 0 bridgehead atoms. The average molecular weight is 328 g/mol. The third-order valence-corrected chi connectivity index (χ3v) is 4.61. The van der Waals surface area contributed by atoms with E-state index in [0.29, 0.717) is 18.3 Å². The van der Waals surface area contributed by atoms with Gasteiger partial charge in [0.05, 0.1) is 17.5 Å². The van der Waals surface area contributed by atoms with E-state index in [2.05, 4.69) is 34.0 Å². The summed E-state index contributed by atoms with van der Waals surface area (Å²) in [5.74, 6) is 2.30. The Morgan fingerprint density at radius 1 is 1.46 bits per heavy atom. The SMILES string of the molecule is Cc1nc2ccc(CC(=O)NC[C@H]3CCN(CC(C)C)C3)cc2[nH]1. The number of aromatic amines is 1. The molecule has 1 saturated heterocycles. The van der Waals surface area contributed by atoms with Crippen LogP contribution in [-0.4, -0.2) is 47.0 Å². The molecule has 1 aromatic carbocycles. The first-order valence-electron chi connectivity index (χ1n) is 8.94. The molecule has 0 radical (unpaired) electrons. The minimum atomic E-state index is 0.105. The maximum absolute atomic E-state index is 12.2. The fourth-order valence-corrected chi connectivity index (χ4v) is 3.56. The van der Waals surface area contributed by atoms with Crippen LogP contribution in [-0.2, 0) is 11.2 Å². The van der Waals surface area contributed by atoms with Crippen LogP contribution in [0.4, 0.5) is 0 Å². The Bertz CT molecular complexity index is 706. The van der Waals surface area contributed by atoms with Gasteiger partial charge in [0.15, 0.2) is 0 Å². The second kappa shape index (κ2) is 7.34. The quantitative estimate of drug-likeness (QED) is 0.856. The molecule has 130 valence electrons. The highest BCUT2D eigenvalue weighted by Crippen LogP contribution is 2.17. The number of likely N-dealkylation sites (tertiary alicyclic amines) is 1. The first kappa shape index (κ1) is 17.0. The number of aromatic nitrogens is 2. The summed E-state index contributed by atoms with van der Waals surface area (Å²) < 4.78 is 0. The number of hydrogen-bond donors (Lipinski definition) is 2. The molecule has 0 aliphatic carbocycles.